The zero-order chi connectivity index (χ0) is 6.69. The summed E-state index contributed by atoms with van der Waals surface area (Å²) < 4.78 is 0. The Morgan fingerprint density at radius 1 is 1.44 bits per heavy atom. The molecule has 0 aliphatic heterocycles. The van der Waals surface area contributed by atoms with E-state index in [1.807, 2.05) is 0 Å². The van der Waals surface area contributed by atoms with Gasteiger partial charge in [0.1, 0.15) is 0 Å². The van der Waals surface area contributed by atoms with E-state index >= 15 is 0 Å². The van der Waals surface area contributed by atoms with Gasteiger partial charge < -0.3 is 10.3 Å². The largest absolute Gasteiger partial charge is 0.411 e. The van der Waals surface area contributed by atoms with Crippen LogP contribution in [0.2, 0.25) is 0 Å². The lowest BCUT2D eigenvalue weighted by molar-refractivity contribution is 0.204. The molecule has 0 aromatic carbocycles. The quantitative estimate of drug-likeness (QED) is 0.374. The first-order valence-electron chi connectivity index (χ1n) is 3.23. The summed E-state index contributed by atoms with van der Waals surface area (Å²) in [6.45, 7) is 0. The van der Waals surface area contributed by atoms with E-state index in [0.717, 1.165) is 25.7 Å². The second-order valence-electron chi connectivity index (χ2n) is 2.35. The number of nitrogens with zero attached hydrogens (tertiary/aromatic N) is 1. The fraction of sp³-hybridized carbons (Fsp3) is 0.833. The molecule has 0 saturated heterocycles. The van der Waals surface area contributed by atoms with Crippen molar-refractivity contribution in [2.24, 2.45) is 5.16 Å². The Bertz CT molecular complexity index is 122. The second kappa shape index (κ2) is 2.82. The van der Waals surface area contributed by atoms with E-state index in [2.05, 4.69) is 5.16 Å². The van der Waals surface area contributed by atoms with Crippen LogP contribution in [0, 0.1) is 0 Å². The third-order valence-corrected chi connectivity index (χ3v) is 1.67. The van der Waals surface area contributed by atoms with Crippen LogP contribution in [0.4, 0.5) is 0 Å². The summed E-state index contributed by atoms with van der Waals surface area (Å²) in [4.78, 5) is 0. The Balaban J connectivity index is 2.49. The van der Waals surface area contributed by atoms with Crippen LogP contribution in [0.3, 0.4) is 0 Å². The van der Waals surface area contributed by atoms with Crippen molar-refractivity contribution in [3.63, 3.8) is 0 Å². The van der Waals surface area contributed by atoms with Crippen molar-refractivity contribution < 1.29 is 10.3 Å². The van der Waals surface area contributed by atoms with Crippen molar-refractivity contribution in [3.05, 3.63) is 0 Å². The van der Waals surface area contributed by atoms with Gasteiger partial charge in [-0.2, -0.15) is 0 Å². The van der Waals surface area contributed by atoms with Crippen molar-refractivity contribution in [2.75, 3.05) is 0 Å². The van der Waals surface area contributed by atoms with Crippen LogP contribution in [0.15, 0.2) is 5.16 Å². The molecule has 9 heavy (non-hydrogen) atoms. The van der Waals surface area contributed by atoms with Gasteiger partial charge in [-0.15, -0.1) is 0 Å². The lowest BCUT2D eigenvalue weighted by Crippen LogP contribution is -2.24. The summed E-state index contributed by atoms with van der Waals surface area (Å²) in [5, 5.41) is 20.4. The molecular formula is C6H11NO2. The predicted octanol–water partition coefficient (Wildman–Crippen LogP) is 0.752. The summed E-state index contributed by atoms with van der Waals surface area (Å²) in [6, 6.07) is 0. The molecule has 1 rings (SSSR count). The SMILES string of the molecule is O/N=C1\CCCCC1O. The van der Waals surface area contributed by atoms with E-state index in [9.17, 15) is 0 Å². The van der Waals surface area contributed by atoms with Crippen LogP contribution in [-0.4, -0.2) is 22.1 Å². The average molecular weight is 129 g/mol. The van der Waals surface area contributed by atoms with Gasteiger partial charge in [0, 0.05) is 0 Å². The van der Waals surface area contributed by atoms with Crippen LogP contribution in [-0.2, 0) is 0 Å². The van der Waals surface area contributed by atoms with E-state index in [-0.39, 0.29) is 0 Å². The van der Waals surface area contributed by atoms with Crippen LogP contribution >= 0.6 is 0 Å². The molecule has 0 amide bonds. The highest BCUT2D eigenvalue weighted by Gasteiger charge is 2.17. The topological polar surface area (TPSA) is 52.8 Å². The van der Waals surface area contributed by atoms with Crippen molar-refractivity contribution in [1.29, 1.82) is 0 Å². The molecule has 2 N–H and O–H groups in total. The molecule has 1 aliphatic rings. The molecule has 1 fully saturated rings. The van der Waals surface area contributed by atoms with Gasteiger partial charge in [-0.25, -0.2) is 0 Å². The summed E-state index contributed by atoms with van der Waals surface area (Å²) in [7, 11) is 0. The predicted molar refractivity (Wildman–Crippen MR) is 33.7 cm³/mol. The highest BCUT2D eigenvalue weighted by molar-refractivity contribution is 5.88. The van der Waals surface area contributed by atoms with Crippen LogP contribution < -0.4 is 0 Å². The van der Waals surface area contributed by atoms with E-state index in [4.69, 9.17) is 10.3 Å². The maximum absolute atomic E-state index is 9.08. The average Bonchev–Trinajstić information content (AvgIpc) is 1.89. The number of aliphatic hydroxyl groups excluding tert-OH is 1. The van der Waals surface area contributed by atoms with Gasteiger partial charge in [0.15, 0.2) is 0 Å². The summed E-state index contributed by atoms with van der Waals surface area (Å²) in [5.74, 6) is 0. The molecular weight excluding hydrogens is 118 g/mol. The third kappa shape index (κ3) is 1.42. The minimum absolute atomic E-state index is 0.483. The van der Waals surface area contributed by atoms with E-state index < -0.39 is 6.10 Å². The first-order chi connectivity index (χ1) is 4.34. The molecule has 1 aliphatic carbocycles. The smallest absolute Gasteiger partial charge is 0.0954 e. The summed E-state index contributed by atoms with van der Waals surface area (Å²) in [6.07, 6.45) is 3.09. The highest BCUT2D eigenvalue weighted by atomic mass is 16.4. The van der Waals surface area contributed by atoms with Crippen molar-refractivity contribution in [3.8, 4) is 0 Å². The van der Waals surface area contributed by atoms with Crippen LogP contribution in [0.25, 0.3) is 0 Å². The molecule has 52 valence electrons. The number of rotatable bonds is 0. The number of hydrogen-bond donors (Lipinski definition) is 2. The first-order valence-corrected chi connectivity index (χ1v) is 3.23. The van der Waals surface area contributed by atoms with Crippen LogP contribution in [0.5, 0.6) is 0 Å². The Morgan fingerprint density at radius 3 is 2.67 bits per heavy atom. The molecule has 0 heterocycles. The highest BCUT2D eigenvalue weighted by Crippen LogP contribution is 2.14. The lowest BCUT2D eigenvalue weighted by atomic mass is 9.96. The van der Waals surface area contributed by atoms with Gasteiger partial charge in [-0.05, 0) is 19.3 Å². The van der Waals surface area contributed by atoms with Gasteiger partial charge in [0.2, 0.25) is 0 Å². The first kappa shape index (κ1) is 6.55. The van der Waals surface area contributed by atoms with E-state index in [1.54, 1.807) is 0 Å². The van der Waals surface area contributed by atoms with Crippen molar-refractivity contribution in [1.82, 2.24) is 0 Å². The summed E-state index contributed by atoms with van der Waals surface area (Å²) in [5.41, 5.74) is 0.543. The fourth-order valence-corrected chi connectivity index (χ4v) is 1.09. The monoisotopic (exact) mass is 129 g/mol. The molecule has 0 aromatic rings. The second-order valence-corrected chi connectivity index (χ2v) is 2.35. The Morgan fingerprint density at radius 2 is 2.22 bits per heavy atom. The van der Waals surface area contributed by atoms with Gasteiger partial charge in [-0.1, -0.05) is 11.6 Å². The zero-order valence-electron chi connectivity index (χ0n) is 5.25. The number of aliphatic hydroxyl groups is 1. The maximum atomic E-state index is 9.08. The van der Waals surface area contributed by atoms with E-state index in [0.29, 0.717) is 5.71 Å². The lowest BCUT2D eigenvalue weighted by Gasteiger charge is -2.16. The molecule has 0 radical (unpaired) electrons. The summed E-state index contributed by atoms with van der Waals surface area (Å²) >= 11 is 0. The normalized spacial score (nSPS) is 33.0. The molecule has 0 bridgehead atoms. The Hall–Kier alpha value is -0.570. The molecule has 1 atom stereocenters. The minimum Gasteiger partial charge on any atom is -0.411 e. The third-order valence-electron chi connectivity index (χ3n) is 1.67. The molecule has 3 nitrogen and oxygen atoms in total. The minimum atomic E-state index is -0.483. The van der Waals surface area contributed by atoms with Crippen molar-refractivity contribution >= 4 is 5.71 Å². The number of oxime groups is 1. The Labute approximate surface area is 54.0 Å². The van der Waals surface area contributed by atoms with Crippen LogP contribution in [0.1, 0.15) is 25.7 Å². The molecule has 0 aromatic heterocycles. The van der Waals surface area contributed by atoms with Gasteiger partial charge >= 0.3 is 0 Å². The van der Waals surface area contributed by atoms with Crippen molar-refractivity contribution in [2.45, 2.75) is 31.8 Å². The van der Waals surface area contributed by atoms with E-state index in [1.165, 1.54) is 0 Å². The molecule has 3 heteroatoms. The van der Waals surface area contributed by atoms with Gasteiger partial charge in [0.25, 0.3) is 0 Å². The molecule has 0 spiro atoms. The van der Waals surface area contributed by atoms with Gasteiger partial charge in [0.05, 0.1) is 11.8 Å². The number of hydrogen-bond acceptors (Lipinski definition) is 3. The van der Waals surface area contributed by atoms with Gasteiger partial charge in [-0.3, -0.25) is 0 Å². The fourth-order valence-electron chi connectivity index (χ4n) is 1.09. The molecule has 1 saturated carbocycles. The standard InChI is InChI=1S/C6H11NO2/c8-6-4-2-1-3-5(6)7-9/h6,8-9H,1-4H2/b7-5+. The maximum Gasteiger partial charge on any atom is 0.0954 e. The molecule has 1 unspecified atom stereocenters. The Kier molecular flexibility index (Phi) is 2.05. The zero-order valence-corrected chi connectivity index (χ0v) is 5.25.